The highest BCUT2D eigenvalue weighted by Gasteiger charge is 2.19. The standard InChI is InChI=1S/C43H82O6/c1-5-7-9-11-13-15-17-19-22-26-30-34-41(44)47-37-40(49-43(46)36-32-28-23-18-16-14-12-10-8-6-2)38-48-42(45)35-31-27-24-20-21-25-29-33-39(3)4/h39-40H,5-38H2,1-4H3/t40-/m1/s1. The van der Waals surface area contributed by atoms with Gasteiger partial charge in [-0.1, -0.05) is 195 Å². The number of carbonyl (C=O) groups is 3. The van der Waals surface area contributed by atoms with Crippen molar-refractivity contribution in [2.75, 3.05) is 13.2 Å². The molecule has 0 N–H and O–H groups in total. The third kappa shape index (κ3) is 37.5. The van der Waals surface area contributed by atoms with Gasteiger partial charge in [-0.25, -0.2) is 0 Å². The molecule has 49 heavy (non-hydrogen) atoms. The second-order valence-corrected chi connectivity index (χ2v) is 15.1. The predicted octanol–water partition coefficient (Wildman–Crippen LogP) is 13.2. The first kappa shape index (κ1) is 47.4. The minimum absolute atomic E-state index is 0.0648. The lowest BCUT2D eigenvalue weighted by atomic mass is 10.0. The number of carbonyl (C=O) groups excluding carboxylic acids is 3. The Bertz CT molecular complexity index is 736. The quantitative estimate of drug-likeness (QED) is 0.0364. The van der Waals surface area contributed by atoms with Gasteiger partial charge < -0.3 is 14.2 Å². The number of hydrogen-bond donors (Lipinski definition) is 0. The predicted molar refractivity (Wildman–Crippen MR) is 206 cm³/mol. The first-order chi connectivity index (χ1) is 23.9. The van der Waals surface area contributed by atoms with Gasteiger partial charge >= 0.3 is 17.9 Å². The summed E-state index contributed by atoms with van der Waals surface area (Å²) in [6.07, 6.45) is 35.2. The van der Waals surface area contributed by atoms with E-state index in [2.05, 4.69) is 27.7 Å². The van der Waals surface area contributed by atoms with Gasteiger partial charge in [0, 0.05) is 19.3 Å². The Morgan fingerprint density at radius 3 is 1.00 bits per heavy atom. The lowest BCUT2D eigenvalue weighted by Gasteiger charge is -2.18. The van der Waals surface area contributed by atoms with Crippen LogP contribution in [0.1, 0.15) is 233 Å². The number of rotatable bonds is 38. The fourth-order valence-electron chi connectivity index (χ4n) is 6.27. The van der Waals surface area contributed by atoms with E-state index in [0.29, 0.717) is 19.3 Å². The van der Waals surface area contributed by atoms with Gasteiger partial charge in [0.15, 0.2) is 6.10 Å². The van der Waals surface area contributed by atoms with Gasteiger partial charge in [-0.05, 0) is 25.2 Å². The van der Waals surface area contributed by atoms with E-state index in [1.54, 1.807) is 0 Å². The van der Waals surface area contributed by atoms with E-state index in [-0.39, 0.29) is 31.1 Å². The zero-order valence-electron chi connectivity index (χ0n) is 33.1. The number of hydrogen-bond acceptors (Lipinski definition) is 6. The second-order valence-electron chi connectivity index (χ2n) is 15.1. The largest absolute Gasteiger partial charge is 0.462 e. The van der Waals surface area contributed by atoms with Crippen molar-refractivity contribution in [3.8, 4) is 0 Å². The van der Waals surface area contributed by atoms with Gasteiger partial charge in [-0.2, -0.15) is 0 Å². The van der Waals surface area contributed by atoms with Crippen molar-refractivity contribution >= 4 is 17.9 Å². The van der Waals surface area contributed by atoms with Crippen LogP contribution in [0.15, 0.2) is 0 Å². The van der Waals surface area contributed by atoms with Crippen LogP contribution in [-0.2, 0) is 28.6 Å². The minimum Gasteiger partial charge on any atom is -0.462 e. The molecule has 0 radical (unpaired) electrons. The molecule has 0 heterocycles. The van der Waals surface area contributed by atoms with Gasteiger partial charge in [-0.3, -0.25) is 14.4 Å². The summed E-state index contributed by atoms with van der Waals surface area (Å²) in [7, 11) is 0. The molecular weight excluding hydrogens is 612 g/mol. The zero-order valence-corrected chi connectivity index (χ0v) is 33.1. The van der Waals surface area contributed by atoms with E-state index in [1.807, 2.05) is 0 Å². The lowest BCUT2D eigenvalue weighted by molar-refractivity contribution is -0.167. The summed E-state index contributed by atoms with van der Waals surface area (Å²) in [6, 6.07) is 0. The zero-order chi connectivity index (χ0) is 36.0. The first-order valence-electron chi connectivity index (χ1n) is 21.4. The molecule has 0 spiro atoms. The normalized spacial score (nSPS) is 11.9. The summed E-state index contributed by atoms with van der Waals surface area (Å²) in [4.78, 5) is 37.5. The van der Waals surface area contributed by atoms with Crippen LogP contribution in [0, 0.1) is 5.92 Å². The average Bonchev–Trinajstić information content (AvgIpc) is 3.08. The molecule has 1 atom stereocenters. The fraction of sp³-hybridized carbons (Fsp3) is 0.930. The molecule has 0 aliphatic carbocycles. The molecule has 0 unspecified atom stereocenters. The molecule has 6 nitrogen and oxygen atoms in total. The van der Waals surface area contributed by atoms with Crippen LogP contribution >= 0.6 is 0 Å². The molecule has 0 aliphatic heterocycles. The minimum atomic E-state index is -0.758. The van der Waals surface area contributed by atoms with Gasteiger partial charge in [0.05, 0.1) is 0 Å². The van der Waals surface area contributed by atoms with Crippen LogP contribution in [0.2, 0.25) is 0 Å². The van der Waals surface area contributed by atoms with Crippen molar-refractivity contribution in [1.29, 1.82) is 0 Å². The summed E-state index contributed by atoms with van der Waals surface area (Å²) in [6.45, 7) is 8.91. The molecule has 0 fully saturated rings. The van der Waals surface area contributed by atoms with Gasteiger partial charge in [-0.15, -0.1) is 0 Å². The highest BCUT2D eigenvalue weighted by atomic mass is 16.6. The summed E-state index contributed by atoms with van der Waals surface area (Å²) in [5.41, 5.74) is 0. The van der Waals surface area contributed by atoms with Crippen LogP contribution < -0.4 is 0 Å². The Labute approximate surface area is 304 Å². The molecule has 0 rings (SSSR count). The monoisotopic (exact) mass is 695 g/mol. The Kier molecular flexibility index (Phi) is 36.4. The van der Waals surface area contributed by atoms with Crippen molar-refractivity contribution in [2.24, 2.45) is 5.92 Å². The Morgan fingerprint density at radius 1 is 0.388 bits per heavy atom. The lowest BCUT2D eigenvalue weighted by Crippen LogP contribution is -2.30. The summed E-state index contributed by atoms with van der Waals surface area (Å²) < 4.78 is 16.6. The fourth-order valence-corrected chi connectivity index (χ4v) is 6.27. The second kappa shape index (κ2) is 37.7. The molecule has 0 aromatic carbocycles. The molecule has 0 aromatic rings. The number of esters is 3. The molecule has 0 amide bonds. The molecular formula is C43H82O6. The van der Waals surface area contributed by atoms with Crippen LogP contribution in [-0.4, -0.2) is 37.2 Å². The summed E-state index contributed by atoms with van der Waals surface area (Å²) >= 11 is 0. The summed E-state index contributed by atoms with van der Waals surface area (Å²) in [5.74, 6) is -0.0810. The van der Waals surface area contributed by atoms with Gasteiger partial charge in [0.25, 0.3) is 0 Å². The highest BCUT2D eigenvalue weighted by molar-refractivity contribution is 5.71. The molecule has 290 valence electrons. The molecule has 0 saturated heterocycles. The molecule has 0 saturated carbocycles. The smallest absolute Gasteiger partial charge is 0.306 e. The highest BCUT2D eigenvalue weighted by Crippen LogP contribution is 2.15. The Morgan fingerprint density at radius 2 is 0.673 bits per heavy atom. The third-order valence-corrected chi connectivity index (χ3v) is 9.54. The van der Waals surface area contributed by atoms with Crippen molar-refractivity contribution < 1.29 is 28.6 Å². The van der Waals surface area contributed by atoms with Crippen molar-refractivity contribution in [1.82, 2.24) is 0 Å². The van der Waals surface area contributed by atoms with Gasteiger partial charge in [0.2, 0.25) is 0 Å². The van der Waals surface area contributed by atoms with Crippen molar-refractivity contribution in [3.05, 3.63) is 0 Å². The van der Waals surface area contributed by atoms with E-state index in [0.717, 1.165) is 63.7 Å². The number of ether oxygens (including phenoxy) is 3. The van der Waals surface area contributed by atoms with E-state index in [9.17, 15) is 14.4 Å². The maximum atomic E-state index is 12.6. The SMILES string of the molecule is CCCCCCCCCCCCCC(=O)OC[C@H](COC(=O)CCCCCCCCCC(C)C)OC(=O)CCCCCCCCCCCC. The Balaban J connectivity index is 4.34. The van der Waals surface area contributed by atoms with Gasteiger partial charge in [0.1, 0.15) is 13.2 Å². The third-order valence-electron chi connectivity index (χ3n) is 9.54. The molecule has 0 bridgehead atoms. The van der Waals surface area contributed by atoms with Crippen LogP contribution in [0.5, 0.6) is 0 Å². The maximum Gasteiger partial charge on any atom is 0.306 e. The maximum absolute atomic E-state index is 12.6. The number of unbranched alkanes of at least 4 members (excludes halogenated alkanes) is 25. The van der Waals surface area contributed by atoms with E-state index >= 15 is 0 Å². The molecule has 6 heteroatoms. The Hall–Kier alpha value is -1.59. The topological polar surface area (TPSA) is 78.9 Å². The van der Waals surface area contributed by atoms with Crippen LogP contribution in [0.3, 0.4) is 0 Å². The summed E-state index contributed by atoms with van der Waals surface area (Å²) in [5, 5.41) is 0. The molecule has 0 aliphatic rings. The average molecular weight is 695 g/mol. The van der Waals surface area contributed by atoms with E-state index in [1.165, 1.54) is 128 Å². The van der Waals surface area contributed by atoms with E-state index < -0.39 is 6.10 Å². The van der Waals surface area contributed by atoms with Crippen molar-refractivity contribution in [2.45, 2.75) is 239 Å². The van der Waals surface area contributed by atoms with Crippen LogP contribution in [0.25, 0.3) is 0 Å². The first-order valence-corrected chi connectivity index (χ1v) is 21.4. The molecule has 0 aromatic heterocycles. The van der Waals surface area contributed by atoms with E-state index in [4.69, 9.17) is 14.2 Å². The van der Waals surface area contributed by atoms with Crippen LogP contribution in [0.4, 0.5) is 0 Å². The van der Waals surface area contributed by atoms with Crippen molar-refractivity contribution in [3.63, 3.8) is 0 Å².